The summed E-state index contributed by atoms with van der Waals surface area (Å²) in [5.74, 6) is -6.48. The summed E-state index contributed by atoms with van der Waals surface area (Å²) in [4.78, 5) is 20.8. The van der Waals surface area contributed by atoms with E-state index in [-0.39, 0.29) is 24.3 Å². The maximum Gasteiger partial charge on any atom is 0.319 e. The molecule has 1 N–H and O–H groups in total. The average molecular weight is 553 g/mol. The summed E-state index contributed by atoms with van der Waals surface area (Å²) in [7, 11) is 0. The van der Waals surface area contributed by atoms with Crippen molar-refractivity contribution >= 4 is 51.2 Å². The second kappa shape index (κ2) is 7.21. The summed E-state index contributed by atoms with van der Waals surface area (Å²) in [6.07, 6.45) is 1.28. The van der Waals surface area contributed by atoms with Gasteiger partial charge in [0.15, 0.2) is 11.4 Å². The van der Waals surface area contributed by atoms with Crippen molar-refractivity contribution in [2.24, 2.45) is 0 Å². The standard InChI is InChI=1S/C14H14F2I2O5/c15-14(16,12(20)21)13(4-2-1-3-5-13)23-22-8-6-9(17)11(19)10(18)7-8/h6-7,19H,1-5H2,(H,20,21)/p-1. The highest BCUT2D eigenvalue weighted by atomic mass is 127. The molecule has 128 valence electrons. The summed E-state index contributed by atoms with van der Waals surface area (Å²) < 4.78 is 29.1. The van der Waals surface area contributed by atoms with E-state index in [1.54, 1.807) is 0 Å². The largest absolute Gasteiger partial charge is 0.544 e. The minimum absolute atomic E-state index is 0.0472. The number of alkyl halides is 2. The Morgan fingerprint density at radius 3 is 2.22 bits per heavy atom. The number of phenolic OH excluding ortho intramolecular Hbond substituents is 1. The maximum atomic E-state index is 14.1. The lowest BCUT2D eigenvalue weighted by atomic mass is 9.80. The van der Waals surface area contributed by atoms with Crippen molar-refractivity contribution < 1.29 is 33.6 Å². The van der Waals surface area contributed by atoms with Crippen LogP contribution in [0.1, 0.15) is 32.1 Å². The average Bonchev–Trinajstić information content (AvgIpc) is 2.51. The van der Waals surface area contributed by atoms with E-state index in [1.165, 1.54) is 12.1 Å². The van der Waals surface area contributed by atoms with Gasteiger partial charge >= 0.3 is 5.92 Å². The molecule has 9 heteroatoms. The molecule has 0 unspecified atom stereocenters. The van der Waals surface area contributed by atoms with Gasteiger partial charge in [0.25, 0.3) is 0 Å². The molecule has 0 saturated heterocycles. The third kappa shape index (κ3) is 3.81. The molecule has 0 atom stereocenters. The summed E-state index contributed by atoms with van der Waals surface area (Å²) in [6, 6.07) is 2.82. The summed E-state index contributed by atoms with van der Waals surface area (Å²) in [6.45, 7) is 0. The summed E-state index contributed by atoms with van der Waals surface area (Å²) in [5.41, 5.74) is -2.25. The van der Waals surface area contributed by atoms with E-state index in [0.29, 0.717) is 20.0 Å². The lowest BCUT2D eigenvalue weighted by Gasteiger charge is -2.41. The molecule has 0 radical (unpaired) electrons. The quantitative estimate of drug-likeness (QED) is 0.345. The molecule has 0 aromatic heterocycles. The number of carbonyl (C=O) groups is 1. The molecule has 23 heavy (non-hydrogen) atoms. The predicted molar refractivity (Wildman–Crippen MR) is 91.0 cm³/mol. The number of aromatic hydroxyl groups is 1. The molecule has 2 rings (SSSR count). The number of carboxylic acids is 1. The molecule has 1 aromatic carbocycles. The van der Waals surface area contributed by atoms with Gasteiger partial charge in [0.2, 0.25) is 0 Å². The molecule has 5 nitrogen and oxygen atoms in total. The zero-order valence-corrected chi connectivity index (χ0v) is 16.1. The van der Waals surface area contributed by atoms with Crippen molar-refractivity contribution in [1.29, 1.82) is 0 Å². The maximum absolute atomic E-state index is 14.1. The Balaban J connectivity index is 2.24. The second-order valence-electron chi connectivity index (χ2n) is 5.32. The van der Waals surface area contributed by atoms with Crippen molar-refractivity contribution in [3.8, 4) is 11.5 Å². The minimum Gasteiger partial charge on any atom is -0.544 e. The van der Waals surface area contributed by atoms with Crippen molar-refractivity contribution in [1.82, 2.24) is 0 Å². The number of hydrogen-bond donors (Lipinski definition) is 1. The van der Waals surface area contributed by atoms with E-state index in [1.807, 2.05) is 45.2 Å². The third-order valence-electron chi connectivity index (χ3n) is 3.78. The van der Waals surface area contributed by atoms with E-state index in [2.05, 4.69) is 0 Å². The Bertz CT molecular complexity index is 580. The van der Waals surface area contributed by atoms with Gasteiger partial charge in [-0.25, -0.2) is 0 Å². The Labute approximate surface area is 158 Å². The number of halogens is 4. The van der Waals surface area contributed by atoms with E-state index in [9.17, 15) is 23.8 Å². The Morgan fingerprint density at radius 2 is 1.74 bits per heavy atom. The molecule has 0 amide bonds. The van der Waals surface area contributed by atoms with Gasteiger partial charge in [0.1, 0.15) is 11.7 Å². The zero-order chi connectivity index (χ0) is 17.3. The Hall–Kier alpha value is -0.430. The van der Waals surface area contributed by atoms with Crippen molar-refractivity contribution in [3.05, 3.63) is 19.3 Å². The van der Waals surface area contributed by atoms with Crippen LogP contribution >= 0.6 is 45.2 Å². The van der Waals surface area contributed by atoms with Gasteiger partial charge < -0.3 is 19.9 Å². The number of benzene rings is 1. The monoisotopic (exact) mass is 553 g/mol. The van der Waals surface area contributed by atoms with Crippen LogP contribution < -0.4 is 9.99 Å². The first-order chi connectivity index (χ1) is 10.7. The molecule has 0 bridgehead atoms. The molecule has 1 aliphatic rings. The molecule has 0 heterocycles. The summed E-state index contributed by atoms with van der Waals surface area (Å²) in [5, 5.41) is 20.5. The molecule has 1 saturated carbocycles. The van der Waals surface area contributed by atoms with E-state index >= 15 is 0 Å². The first-order valence-corrected chi connectivity index (χ1v) is 8.98. The third-order valence-corrected chi connectivity index (χ3v) is 5.42. The van der Waals surface area contributed by atoms with Crippen LogP contribution in [0.3, 0.4) is 0 Å². The van der Waals surface area contributed by atoms with Crippen molar-refractivity contribution in [2.45, 2.75) is 43.6 Å². The van der Waals surface area contributed by atoms with Crippen LogP contribution in [0.25, 0.3) is 0 Å². The number of phenols is 1. The van der Waals surface area contributed by atoms with Gasteiger partial charge in [0.05, 0.1) is 7.14 Å². The van der Waals surface area contributed by atoms with Crippen LogP contribution in [0.15, 0.2) is 12.1 Å². The van der Waals surface area contributed by atoms with Crippen LogP contribution in [0, 0.1) is 7.14 Å². The van der Waals surface area contributed by atoms with E-state index in [0.717, 1.165) is 6.42 Å². The van der Waals surface area contributed by atoms with Crippen LogP contribution in [0.4, 0.5) is 8.78 Å². The van der Waals surface area contributed by atoms with Gasteiger partial charge in [-0.1, -0.05) is 19.3 Å². The highest BCUT2D eigenvalue weighted by Gasteiger charge is 2.58. The Kier molecular flexibility index (Phi) is 5.93. The fraction of sp³-hybridized carbons (Fsp3) is 0.500. The van der Waals surface area contributed by atoms with Crippen LogP contribution in [0.2, 0.25) is 0 Å². The molecular formula is C14H13F2I2O5-. The highest BCUT2D eigenvalue weighted by molar-refractivity contribution is 14.1. The lowest BCUT2D eigenvalue weighted by Crippen LogP contribution is -2.60. The van der Waals surface area contributed by atoms with E-state index < -0.39 is 17.5 Å². The van der Waals surface area contributed by atoms with Crippen LogP contribution in [0.5, 0.6) is 11.5 Å². The molecular weight excluding hydrogens is 540 g/mol. The summed E-state index contributed by atoms with van der Waals surface area (Å²) >= 11 is 3.72. The van der Waals surface area contributed by atoms with E-state index in [4.69, 9.17) is 9.78 Å². The molecule has 1 fully saturated rings. The lowest BCUT2D eigenvalue weighted by molar-refractivity contribution is -0.387. The SMILES string of the molecule is O=C([O-])C(F)(F)C1(OOc2cc(I)c(O)c(I)c2)CCCCC1. The number of hydrogen-bond acceptors (Lipinski definition) is 5. The topological polar surface area (TPSA) is 78.8 Å². The number of aliphatic carboxylic acids is 1. The first-order valence-electron chi connectivity index (χ1n) is 6.82. The van der Waals surface area contributed by atoms with Gasteiger partial charge in [-0.3, -0.25) is 0 Å². The van der Waals surface area contributed by atoms with Gasteiger partial charge in [-0.15, -0.1) is 0 Å². The highest BCUT2D eigenvalue weighted by Crippen LogP contribution is 2.44. The number of carbonyl (C=O) groups excluding carboxylic acids is 1. The van der Waals surface area contributed by atoms with Gasteiger partial charge in [-0.2, -0.15) is 13.7 Å². The van der Waals surface area contributed by atoms with Crippen LogP contribution in [-0.2, 0) is 9.68 Å². The van der Waals surface area contributed by atoms with Gasteiger partial charge in [-0.05, 0) is 58.0 Å². The zero-order valence-electron chi connectivity index (χ0n) is 11.8. The number of carboxylic acid groups (broad SMARTS) is 1. The predicted octanol–water partition coefficient (Wildman–Crippen LogP) is 3.00. The Morgan fingerprint density at radius 1 is 1.22 bits per heavy atom. The van der Waals surface area contributed by atoms with Gasteiger partial charge in [0, 0.05) is 12.1 Å². The molecule has 0 spiro atoms. The fourth-order valence-electron chi connectivity index (χ4n) is 2.48. The molecule has 1 aliphatic carbocycles. The second-order valence-corrected chi connectivity index (χ2v) is 7.64. The smallest absolute Gasteiger partial charge is 0.319 e. The minimum atomic E-state index is -4.16. The molecule has 1 aromatic rings. The fourth-order valence-corrected chi connectivity index (χ4v) is 4.19. The number of rotatable bonds is 5. The van der Waals surface area contributed by atoms with Crippen LogP contribution in [-0.4, -0.2) is 22.6 Å². The molecule has 0 aliphatic heterocycles. The van der Waals surface area contributed by atoms with Crippen molar-refractivity contribution in [2.75, 3.05) is 0 Å². The first kappa shape index (κ1) is 18.9. The normalized spacial score (nSPS) is 17.7. The van der Waals surface area contributed by atoms with Crippen molar-refractivity contribution in [3.63, 3.8) is 0 Å².